The molecular weight excluding hydrogens is 844 g/mol. The Morgan fingerprint density at radius 2 is 0.725 bits per heavy atom. The van der Waals surface area contributed by atoms with E-state index >= 15 is 0 Å². The summed E-state index contributed by atoms with van der Waals surface area (Å²) in [6, 6.07) is 72.2. The van der Waals surface area contributed by atoms with Crippen LogP contribution in [0.2, 0.25) is 0 Å². The fourth-order valence-electron chi connectivity index (χ4n) is 12.1. The highest BCUT2D eigenvalue weighted by Crippen LogP contribution is 2.60. The molecule has 0 spiro atoms. The van der Waals surface area contributed by atoms with E-state index in [1.54, 1.807) is 0 Å². The Balaban J connectivity index is 1.02. The van der Waals surface area contributed by atoms with Crippen LogP contribution >= 0.6 is 0 Å². The molecule has 9 aromatic carbocycles. The third-order valence-electron chi connectivity index (χ3n) is 15.4. The van der Waals surface area contributed by atoms with Crippen molar-refractivity contribution in [3.05, 3.63) is 211 Å². The van der Waals surface area contributed by atoms with Crippen LogP contribution in [0.5, 0.6) is 23.0 Å². The van der Waals surface area contributed by atoms with Gasteiger partial charge in [-0.05, 0) is 131 Å². The van der Waals surface area contributed by atoms with E-state index in [0.717, 1.165) is 120 Å². The molecule has 1 aliphatic carbocycles. The van der Waals surface area contributed by atoms with Gasteiger partial charge < -0.3 is 29.1 Å². The first kappa shape index (κ1) is 40.0. The molecule has 0 bridgehead atoms. The summed E-state index contributed by atoms with van der Waals surface area (Å²) in [6.45, 7) is 9.41. The number of benzene rings is 9. The minimum Gasteiger partial charge on any atom is -0.456 e. The molecule has 7 heteroatoms. The summed E-state index contributed by atoms with van der Waals surface area (Å²) in [6.07, 6.45) is 2.12. The van der Waals surface area contributed by atoms with Gasteiger partial charge in [0.15, 0.2) is 0 Å². The Hall–Kier alpha value is -8.16. The molecule has 5 aliphatic rings. The number of ether oxygens (including phenoxy) is 2. The predicted molar refractivity (Wildman–Crippen MR) is 285 cm³/mol. The molecule has 4 heterocycles. The highest BCUT2D eigenvalue weighted by atomic mass is 16.5. The van der Waals surface area contributed by atoms with Crippen LogP contribution in [0.3, 0.4) is 0 Å². The van der Waals surface area contributed by atoms with Gasteiger partial charge in [-0.25, -0.2) is 0 Å². The Morgan fingerprint density at radius 3 is 1.16 bits per heavy atom. The molecule has 0 N–H and O–H groups in total. The fourth-order valence-corrected chi connectivity index (χ4v) is 12.1. The molecule has 0 atom stereocenters. The van der Waals surface area contributed by atoms with Crippen molar-refractivity contribution in [2.24, 2.45) is 0 Å². The zero-order valence-corrected chi connectivity index (χ0v) is 39.1. The molecular formula is C62H49BN4O2. The van der Waals surface area contributed by atoms with Crippen molar-refractivity contribution in [3.8, 4) is 23.0 Å². The molecule has 69 heavy (non-hydrogen) atoms. The van der Waals surface area contributed by atoms with Crippen molar-refractivity contribution in [3.63, 3.8) is 0 Å². The molecule has 4 aliphatic heterocycles. The molecule has 9 aromatic rings. The predicted octanol–water partition coefficient (Wildman–Crippen LogP) is 15.3. The summed E-state index contributed by atoms with van der Waals surface area (Å²) in [5.41, 5.74) is 18.7. The quantitative estimate of drug-likeness (QED) is 0.164. The van der Waals surface area contributed by atoms with E-state index in [9.17, 15) is 0 Å². The zero-order chi connectivity index (χ0) is 46.2. The lowest BCUT2D eigenvalue weighted by Gasteiger charge is -2.46. The molecule has 0 saturated carbocycles. The largest absolute Gasteiger partial charge is 0.456 e. The number of anilines is 12. The van der Waals surface area contributed by atoms with Crippen molar-refractivity contribution < 1.29 is 9.47 Å². The zero-order valence-electron chi connectivity index (χ0n) is 39.1. The Labute approximate surface area is 404 Å². The van der Waals surface area contributed by atoms with E-state index in [0.29, 0.717) is 0 Å². The monoisotopic (exact) mass is 892 g/mol. The molecule has 14 rings (SSSR count). The average Bonchev–Trinajstić information content (AvgIpc) is 3.38. The first-order valence-corrected chi connectivity index (χ1v) is 24.3. The van der Waals surface area contributed by atoms with E-state index in [1.807, 2.05) is 0 Å². The Kier molecular flexibility index (Phi) is 8.50. The van der Waals surface area contributed by atoms with Crippen LogP contribution in [0.4, 0.5) is 68.2 Å². The lowest BCUT2D eigenvalue weighted by Crippen LogP contribution is -2.58. The maximum Gasteiger partial charge on any atom is 0.260 e. The first-order chi connectivity index (χ1) is 33.8. The minimum atomic E-state index is -0.180. The number of hydrogen-bond acceptors (Lipinski definition) is 6. The summed E-state index contributed by atoms with van der Waals surface area (Å²) < 4.78 is 15.3. The highest BCUT2D eigenvalue weighted by Gasteiger charge is 2.49. The second-order valence-corrected chi connectivity index (χ2v) is 20.3. The van der Waals surface area contributed by atoms with Gasteiger partial charge >= 0.3 is 0 Å². The van der Waals surface area contributed by atoms with Crippen LogP contribution in [0, 0.1) is 0 Å². The SMILES string of the molecule is CC1(C)CCC(C)(C)c2c1cc1c3c2Oc2c(cccc2N2c4ccccc4N(c4ccccc4)c4ccccc42)B3c2cccc(N3c4ccccc4N(c4ccccc4)c4ccccc43)c2O1. The van der Waals surface area contributed by atoms with E-state index in [2.05, 4.69) is 247 Å². The van der Waals surface area contributed by atoms with Crippen LogP contribution in [0.1, 0.15) is 51.7 Å². The maximum atomic E-state index is 7.73. The van der Waals surface area contributed by atoms with E-state index in [4.69, 9.17) is 9.47 Å². The maximum absolute atomic E-state index is 7.73. The van der Waals surface area contributed by atoms with Crippen LogP contribution in [0.15, 0.2) is 200 Å². The lowest BCUT2D eigenvalue weighted by atomic mass is 9.34. The second kappa shape index (κ2) is 14.7. The first-order valence-electron chi connectivity index (χ1n) is 24.3. The van der Waals surface area contributed by atoms with E-state index in [1.165, 1.54) is 11.1 Å². The van der Waals surface area contributed by atoms with Crippen molar-refractivity contribution >= 4 is 91.3 Å². The molecule has 6 nitrogen and oxygen atoms in total. The third-order valence-corrected chi connectivity index (χ3v) is 15.4. The Morgan fingerprint density at radius 1 is 0.362 bits per heavy atom. The molecule has 0 radical (unpaired) electrons. The van der Waals surface area contributed by atoms with Crippen LogP contribution < -0.4 is 45.5 Å². The number of fused-ring (bicyclic) bond motifs is 10. The summed E-state index contributed by atoms with van der Waals surface area (Å²) >= 11 is 0. The van der Waals surface area contributed by atoms with E-state index in [-0.39, 0.29) is 17.5 Å². The third kappa shape index (κ3) is 5.74. The van der Waals surface area contributed by atoms with Crippen molar-refractivity contribution in [1.82, 2.24) is 0 Å². The number of hydrogen-bond donors (Lipinski definition) is 0. The smallest absolute Gasteiger partial charge is 0.260 e. The summed E-state index contributed by atoms with van der Waals surface area (Å²) in [5.74, 6) is 3.54. The normalized spacial score (nSPS) is 16.0. The molecule has 332 valence electrons. The van der Waals surface area contributed by atoms with Gasteiger partial charge in [0.05, 0.1) is 56.9 Å². The molecule has 0 aromatic heterocycles. The fraction of sp³-hybridized carbons (Fsp3) is 0.129. The van der Waals surface area contributed by atoms with Crippen molar-refractivity contribution in [2.45, 2.75) is 51.4 Å². The van der Waals surface area contributed by atoms with Crippen LogP contribution in [0.25, 0.3) is 0 Å². The standard InChI is InChI=1S/C62H49BN4O2/c1-61(2)37-38-62(3,4)56-42(61)39-55-57-60(56)69-59-44(26-20-36-54(59)67-51-33-17-13-29-47(51)65(41-23-9-6-10-24-41)48-30-14-18-34-52(48)67)63(57)43-25-19-35-53(58(43)68-55)66-49-31-15-11-27-45(49)64(40-21-7-5-8-22-40)46-28-12-16-32-50(46)66/h5-36,39H,37-38H2,1-4H3. The van der Waals surface area contributed by atoms with Gasteiger partial charge in [-0.15, -0.1) is 0 Å². The highest BCUT2D eigenvalue weighted by molar-refractivity contribution is 6.98. The van der Waals surface area contributed by atoms with Crippen LogP contribution in [-0.4, -0.2) is 6.71 Å². The molecule has 0 amide bonds. The van der Waals surface area contributed by atoms with Gasteiger partial charge in [-0.1, -0.05) is 137 Å². The van der Waals surface area contributed by atoms with E-state index < -0.39 is 0 Å². The minimum absolute atomic E-state index is 0.102. The summed E-state index contributed by atoms with van der Waals surface area (Å²) in [4.78, 5) is 9.60. The Bertz CT molecular complexity index is 3470. The van der Waals surface area contributed by atoms with Gasteiger partial charge in [0.1, 0.15) is 23.0 Å². The van der Waals surface area contributed by atoms with Gasteiger partial charge in [0, 0.05) is 22.4 Å². The van der Waals surface area contributed by atoms with Gasteiger partial charge in [-0.3, -0.25) is 0 Å². The van der Waals surface area contributed by atoms with Gasteiger partial charge in [0.2, 0.25) is 0 Å². The van der Waals surface area contributed by atoms with Crippen molar-refractivity contribution in [1.29, 1.82) is 0 Å². The number of rotatable bonds is 4. The van der Waals surface area contributed by atoms with Gasteiger partial charge in [-0.2, -0.15) is 0 Å². The van der Waals surface area contributed by atoms with Crippen LogP contribution in [-0.2, 0) is 10.8 Å². The summed E-state index contributed by atoms with van der Waals surface area (Å²) in [7, 11) is 0. The number of para-hydroxylation sites is 12. The number of nitrogens with zero attached hydrogens (tertiary/aromatic N) is 4. The second-order valence-electron chi connectivity index (χ2n) is 20.3. The van der Waals surface area contributed by atoms with Gasteiger partial charge in [0.25, 0.3) is 6.71 Å². The molecule has 0 saturated heterocycles. The average molecular weight is 893 g/mol. The molecule has 0 fully saturated rings. The molecule has 0 unspecified atom stereocenters. The summed E-state index contributed by atoms with van der Waals surface area (Å²) in [5, 5.41) is 0. The topological polar surface area (TPSA) is 31.4 Å². The van der Waals surface area contributed by atoms with Crippen molar-refractivity contribution in [2.75, 3.05) is 19.6 Å². The lowest BCUT2D eigenvalue weighted by molar-refractivity contribution is 0.318.